The van der Waals surface area contributed by atoms with E-state index in [4.69, 9.17) is 39.5 Å². The predicted molar refractivity (Wildman–Crippen MR) is 99.9 cm³/mol. The maximum absolute atomic E-state index is 11.8. The normalized spacial score (nSPS) is 11.0. The van der Waals surface area contributed by atoms with Gasteiger partial charge in [-0.15, -0.1) is 0 Å². The second kappa shape index (κ2) is 7.28. The number of carbonyl (C=O) groups is 1. The zero-order valence-electron chi connectivity index (χ0n) is 12.5. The quantitative estimate of drug-likeness (QED) is 0.511. The molecular weight excluding hydrogens is 389 g/mol. The molecule has 0 fully saturated rings. The molecule has 1 heterocycles. The molecule has 0 spiro atoms. The Kier molecular flexibility index (Phi) is 5.30. The number of hydrogen-bond acceptors (Lipinski definition) is 3. The third-order valence-electron chi connectivity index (χ3n) is 3.28. The fraction of sp³-hybridized carbons (Fsp3) is 0.118. The van der Waals surface area contributed by atoms with E-state index in [1.165, 1.54) is 11.8 Å². The topological polar surface area (TPSA) is 42.1 Å². The van der Waals surface area contributed by atoms with E-state index in [1.54, 1.807) is 25.1 Å². The van der Waals surface area contributed by atoms with Crippen LogP contribution in [0.4, 0.5) is 0 Å². The van der Waals surface area contributed by atoms with Gasteiger partial charge in [0.25, 0.3) is 0 Å². The number of hydrogen-bond donors (Lipinski definition) is 1. The summed E-state index contributed by atoms with van der Waals surface area (Å²) in [5.41, 5.74) is 1.15. The maximum atomic E-state index is 11.8. The van der Waals surface area contributed by atoms with Crippen molar-refractivity contribution in [1.29, 1.82) is 0 Å². The van der Waals surface area contributed by atoms with Crippen LogP contribution in [0.5, 0.6) is 0 Å². The van der Waals surface area contributed by atoms with Gasteiger partial charge < -0.3 is 9.72 Å². The number of H-pyrrole nitrogens is 1. The van der Waals surface area contributed by atoms with Gasteiger partial charge in [0.05, 0.1) is 21.7 Å². The standard InChI is InChI=1S/C17H12Cl3NO2S/c1-2-23-17(22)16-8-11-13(19)6-10(7-15(11)21-16)24-9-3-4-12(18)14(20)5-9/h3-8,21H,2H2,1H3. The first-order valence-electron chi connectivity index (χ1n) is 7.10. The molecule has 0 radical (unpaired) electrons. The van der Waals surface area contributed by atoms with Crippen molar-refractivity contribution in [2.75, 3.05) is 6.61 Å². The van der Waals surface area contributed by atoms with Crippen molar-refractivity contribution >= 4 is 63.4 Å². The fourth-order valence-corrected chi connectivity index (χ4v) is 3.86. The average Bonchev–Trinajstić information content (AvgIpc) is 2.96. The average molecular weight is 401 g/mol. The molecule has 0 saturated carbocycles. The minimum atomic E-state index is -0.400. The molecule has 1 aromatic heterocycles. The highest BCUT2D eigenvalue weighted by molar-refractivity contribution is 7.99. The summed E-state index contributed by atoms with van der Waals surface area (Å²) in [4.78, 5) is 16.8. The molecule has 0 aliphatic heterocycles. The summed E-state index contributed by atoms with van der Waals surface area (Å²) in [6, 6.07) is 10.9. The van der Waals surface area contributed by atoms with Gasteiger partial charge in [0.2, 0.25) is 0 Å². The second-order valence-electron chi connectivity index (χ2n) is 4.95. The number of nitrogens with one attached hydrogen (secondary N) is 1. The van der Waals surface area contributed by atoms with E-state index in [0.717, 1.165) is 20.7 Å². The summed E-state index contributed by atoms with van der Waals surface area (Å²) in [6.45, 7) is 2.08. The third-order valence-corrected chi connectivity index (χ3v) is 5.30. The summed E-state index contributed by atoms with van der Waals surface area (Å²) in [5, 5.41) is 2.34. The molecule has 0 amide bonds. The molecule has 0 aliphatic carbocycles. The van der Waals surface area contributed by atoms with Gasteiger partial charge in [-0.05, 0) is 43.3 Å². The molecule has 3 rings (SSSR count). The number of esters is 1. The van der Waals surface area contributed by atoms with Crippen LogP contribution in [-0.2, 0) is 4.74 Å². The van der Waals surface area contributed by atoms with Crippen LogP contribution >= 0.6 is 46.6 Å². The Hall–Kier alpha value is -1.33. The lowest BCUT2D eigenvalue weighted by molar-refractivity contribution is 0.0520. The van der Waals surface area contributed by atoms with Crippen molar-refractivity contribution < 1.29 is 9.53 Å². The van der Waals surface area contributed by atoms with Crippen LogP contribution in [0.2, 0.25) is 15.1 Å². The van der Waals surface area contributed by atoms with Crippen LogP contribution in [0.15, 0.2) is 46.2 Å². The van der Waals surface area contributed by atoms with E-state index >= 15 is 0 Å². The molecule has 124 valence electrons. The monoisotopic (exact) mass is 399 g/mol. The molecule has 0 atom stereocenters. The minimum Gasteiger partial charge on any atom is -0.461 e. The summed E-state index contributed by atoms with van der Waals surface area (Å²) in [7, 11) is 0. The van der Waals surface area contributed by atoms with Crippen LogP contribution in [0.1, 0.15) is 17.4 Å². The Balaban J connectivity index is 1.94. The largest absolute Gasteiger partial charge is 0.461 e. The number of aromatic amines is 1. The number of ether oxygens (including phenoxy) is 1. The van der Waals surface area contributed by atoms with Crippen LogP contribution in [0.3, 0.4) is 0 Å². The molecular formula is C17H12Cl3NO2S. The lowest BCUT2D eigenvalue weighted by Gasteiger charge is -2.05. The van der Waals surface area contributed by atoms with Gasteiger partial charge in [-0.1, -0.05) is 46.6 Å². The Bertz CT molecular complexity index is 924. The van der Waals surface area contributed by atoms with Gasteiger partial charge in [-0.2, -0.15) is 0 Å². The Morgan fingerprint density at radius 1 is 1.04 bits per heavy atom. The van der Waals surface area contributed by atoms with Crippen molar-refractivity contribution in [2.45, 2.75) is 16.7 Å². The van der Waals surface area contributed by atoms with Gasteiger partial charge in [0, 0.05) is 20.7 Å². The van der Waals surface area contributed by atoms with Crippen molar-refractivity contribution in [3.8, 4) is 0 Å². The van der Waals surface area contributed by atoms with Crippen molar-refractivity contribution in [1.82, 2.24) is 4.98 Å². The predicted octanol–water partition coefficient (Wildman–Crippen LogP) is 6.46. The number of halogens is 3. The second-order valence-corrected chi connectivity index (χ2v) is 7.32. The first-order valence-corrected chi connectivity index (χ1v) is 9.05. The van der Waals surface area contributed by atoms with Gasteiger partial charge in [0.15, 0.2) is 0 Å². The summed E-state index contributed by atoms with van der Waals surface area (Å²) >= 11 is 19.8. The highest BCUT2D eigenvalue weighted by atomic mass is 35.5. The summed E-state index contributed by atoms with van der Waals surface area (Å²) < 4.78 is 5.00. The van der Waals surface area contributed by atoms with E-state index in [1.807, 2.05) is 18.2 Å². The summed E-state index contributed by atoms with van der Waals surface area (Å²) in [6.07, 6.45) is 0. The van der Waals surface area contributed by atoms with Crippen LogP contribution in [0.25, 0.3) is 10.9 Å². The fourth-order valence-electron chi connectivity index (χ4n) is 2.22. The number of aromatic nitrogens is 1. The molecule has 0 saturated heterocycles. The van der Waals surface area contributed by atoms with Crippen molar-refractivity contribution in [3.05, 3.63) is 57.2 Å². The van der Waals surface area contributed by atoms with Gasteiger partial charge in [-0.3, -0.25) is 0 Å². The molecule has 0 unspecified atom stereocenters. The van der Waals surface area contributed by atoms with E-state index in [9.17, 15) is 4.79 Å². The Morgan fingerprint density at radius 3 is 2.50 bits per heavy atom. The smallest absolute Gasteiger partial charge is 0.354 e. The highest BCUT2D eigenvalue weighted by Gasteiger charge is 2.13. The SMILES string of the molecule is CCOC(=O)c1cc2c(Cl)cc(Sc3ccc(Cl)c(Cl)c3)cc2[nH]1. The number of rotatable bonds is 4. The molecule has 7 heteroatoms. The molecule has 2 aromatic carbocycles. The first kappa shape index (κ1) is 17.5. The highest BCUT2D eigenvalue weighted by Crippen LogP contribution is 2.36. The zero-order valence-corrected chi connectivity index (χ0v) is 15.6. The molecule has 3 aromatic rings. The van der Waals surface area contributed by atoms with Gasteiger partial charge in [0.1, 0.15) is 5.69 Å². The van der Waals surface area contributed by atoms with Crippen LogP contribution in [-0.4, -0.2) is 17.6 Å². The molecule has 3 nitrogen and oxygen atoms in total. The maximum Gasteiger partial charge on any atom is 0.354 e. The summed E-state index contributed by atoms with van der Waals surface area (Å²) in [5.74, 6) is -0.400. The number of fused-ring (bicyclic) bond motifs is 1. The molecule has 0 bridgehead atoms. The van der Waals surface area contributed by atoms with Crippen molar-refractivity contribution in [2.24, 2.45) is 0 Å². The lowest BCUT2D eigenvalue weighted by atomic mass is 10.2. The van der Waals surface area contributed by atoms with Crippen LogP contribution < -0.4 is 0 Å². The van der Waals surface area contributed by atoms with Gasteiger partial charge >= 0.3 is 5.97 Å². The van der Waals surface area contributed by atoms with E-state index < -0.39 is 5.97 Å². The Morgan fingerprint density at radius 2 is 1.79 bits per heavy atom. The molecule has 1 N–H and O–H groups in total. The van der Waals surface area contributed by atoms with Gasteiger partial charge in [-0.25, -0.2) is 4.79 Å². The lowest BCUT2D eigenvalue weighted by Crippen LogP contribution is -2.04. The van der Waals surface area contributed by atoms with E-state index in [0.29, 0.717) is 27.4 Å². The first-order chi connectivity index (χ1) is 11.5. The Labute approximate surface area is 158 Å². The van der Waals surface area contributed by atoms with E-state index in [-0.39, 0.29) is 0 Å². The molecule has 0 aliphatic rings. The number of carbonyl (C=O) groups excluding carboxylic acids is 1. The number of benzene rings is 2. The van der Waals surface area contributed by atoms with Crippen molar-refractivity contribution in [3.63, 3.8) is 0 Å². The zero-order chi connectivity index (χ0) is 17.3. The minimum absolute atomic E-state index is 0.320. The third kappa shape index (κ3) is 3.67. The molecule has 24 heavy (non-hydrogen) atoms. The van der Waals surface area contributed by atoms with Crippen LogP contribution in [0, 0.1) is 0 Å². The van der Waals surface area contributed by atoms with E-state index in [2.05, 4.69) is 4.98 Å².